The Labute approximate surface area is 127 Å². The number of carbonyl (C=O) groups excluding carboxylic acids is 1. The number of anilines is 1. The van der Waals surface area contributed by atoms with E-state index < -0.39 is 29.0 Å². The molecule has 124 valence electrons. The molecule has 0 heterocycles. The van der Waals surface area contributed by atoms with Gasteiger partial charge in [0.1, 0.15) is 5.60 Å². The minimum absolute atomic E-state index is 0.111. The highest BCUT2D eigenvalue weighted by Crippen LogP contribution is 2.38. The first kappa shape index (κ1) is 18.3. The third kappa shape index (κ3) is 5.22. The van der Waals surface area contributed by atoms with Crippen molar-refractivity contribution in [1.29, 1.82) is 0 Å². The summed E-state index contributed by atoms with van der Waals surface area (Å²) < 4.78 is 43.9. The number of alkyl halides is 3. The maximum absolute atomic E-state index is 13.0. The van der Waals surface area contributed by atoms with E-state index in [-0.39, 0.29) is 11.3 Å². The minimum atomic E-state index is -4.60. The molecule has 0 aliphatic heterocycles. The van der Waals surface area contributed by atoms with Crippen molar-refractivity contribution in [3.8, 4) is 0 Å². The van der Waals surface area contributed by atoms with Crippen molar-refractivity contribution < 1.29 is 27.8 Å². The Balaban J connectivity index is 3.13. The van der Waals surface area contributed by atoms with Crippen LogP contribution in [0.15, 0.2) is 18.2 Å². The number of rotatable bonds is 2. The van der Waals surface area contributed by atoms with Crippen LogP contribution in [0, 0.1) is 0 Å². The van der Waals surface area contributed by atoms with Gasteiger partial charge in [-0.1, -0.05) is 0 Å². The summed E-state index contributed by atoms with van der Waals surface area (Å²) in [6.07, 6.45) is -5.38. The number of amides is 1. The lowest BCUT2D eigenvalue weighted by atomic mass is 9.92. The highest BCUT2D eigenvalue weighted by molar-refractivity contribution is 5.85. The number of halogens is 3. The summed E-state index contributed by atoms with van der Waals surface area (Å²) in [6, 6.07) is 3.02. The fourth-order valence-electron chi connectivity index (χ4n) is 1.80. The van der Waals surface area contributed by atoms with Gasteiger partial charge in [-0.2, -0.15) is 13.2 Å². The molecule has 1 rings (SSSR count). The van der Waals surface area contributed by atoms with Crippen molar-refractivity contribution in [2.45, 2.75) is 52.0 Å². The zero-order valence-electron chi connectivity index (χ0n) is 13.1. The van der Waals surface area contributed by atoms with E-state index in [4.69, 9.17) is 4.74 Å². The lowest BCUT2D eigenvalue weighted by Gasteiger charge is -2.24. The number of hydrogen-bond acceptors (Lipinski definition) is 3. The summed E-state index contributed by atoms with van der Waals surface area (Å²) in [6.45, 7) is 7.49. The number of nitrogens with one attached hydrogen (secondary N) is 1. The van der Waals surface area contributed by atoms with Crippen molar-refractivity contribution in [2.75, 3.05) is 5.32 Å². The summed E-state index contributed by atoms with van der Waals surface area (Å²) >= 11 is 0. The van der Waals surface area contributed by atoms with Crippen LogP contribution in [-0.2, 0) is 16.5 Å². The topological polar surface area (TPSA) is 58.6 Å². The van der Waals surface area contributed by atoms with E-state index in [0.29, 0.717) is 0 Å². The number of aliphatic hydroxyl groups is 1. The van der Waals surface area contributed by atoms with E-state index in [9.17, 15) is 23.1 Å². The number of benzene rings is 1. The molecule has 0 saturated heterocycles. The summed E-state index contributed by atoms with van der Waals surface area (Å²) in [4.78, 5) is 11.7. The lowest BCUT2D eigenvalue weighted by molar-refractivity contribution is -0.140. The third-order valence-corrected chi connectivity index (χ3v) is 2.63. The Morgan fingerprint density at radius 2 is 1.64 bits per heavy atom. The molecule has 22 heavy (non-hydrogen) atoms. The van der Waals surface area contributed by atoms with Crippen molar-refractivity contribution in [3.63, 3.8) is 0 Å². The highest BCUT2D eigenvalue weighted by atomic mass is 19.4. The van der Waals surface area contributed by atoms with Crippen molar-refractivity contribution in [2.24, 2.45) is 0 Å². The first-order valence-electron chi connectivity index (χ1n) is 6.64. The number of hydrogen-bond donors (Lipinski definition) is 2. The maximum atomic E-state index is 13.0. The van der Waals surface area contributed by atoms with E-state index in [1.165, 1.54) is 13.8 Å². The quantitative estimate of drug-likeness (QED) is 0.855. The third-order valence-electron chi connectivity index (χ3n) is 2.63. The van der Waals surface area contributed by atoms with Crippen LogP contribution in [0.2, 0.25) is 0 Å². The van der Waals surface area contributed by atoms with Crippen molar-refractivity contribution in [1.82, 2.24) is 0 Å². The standard InChI is InChI=1S/C15H20F3NO3/c1-13(2,3)22-12(20)19-9-6-7-10(15(16,17)18)11(8-9)14(4,5)21/h6-8,21H,1-5H3,(H,19,20). The molecule has 0 aliphatic carbocycles. The van der Waals surface area contributed by atoms with Gasteiger partial charge >= 0.3 is 12.3 Å². The van der Waals surface area contributed by atoms with Gasteiger partial charge in [0.25, 0.3) is 0 Å². The summed E-state index contributed by atoms with van der Waals surface area (Å²) in [5.74, 6) is 0. The first-order chi connectivity index (χ1) is 9.70. The molecule has 0 atom stereocenters. The van der Waals surface area contributed by atoms with Crippen LogP contribution < -0.4 is 5.32 Å². The van der Waals surface area contributed by atoms with Gasteiger partial charge in [-0.3, -0.25) is 5.32 Å². The summed E-state index contributed by atoms with van der Waals surface area (Å²) in [7, 11) is 0. The highest BCUT2D eigenvalue weighted by Gasteiger charge is 2.37. The average Bonchev–Trinajstić information content (AvgIpc) is 2.23. The molecule has 0 radical (unpaired) electrons. The number of carbonyl (C=O) groups is 1. The van der Waals surface area contributed by atoms with Crippen LogP contribution in [0.5, 0.6) is 0 Å². The van der Waals surface area contributed by atoms with E-state index in [1.54, 1.807) is 20.8 Å². The molecule has 4 nitrogen and oxygen atoms in total. The molecule has 0 aliphatic rings. The maximum Gasteiger partial charge on any atom is 0.416 e. The zero-order valence-corrected chi connectivity index (χ0v) is 13.1. The van der Waals surface area contributed by atoms with Crippen LogP contribution in [0.3, 0.4) is 0 Å². The van der Waals surface area contributed by atoms with E-state index in [1.807, 2.05) is 0 Å². The van der Waals surface area contributed by atoms with Crippen molar-refractivity contribution >= 4 is 11.8 Å². The second-order valence-electron chi connectivity index (χ2n) is 6.44. The smallest absolute Gasteiger partial charge is 0.416 e. The molecule has 0 unspecified atom stereocenters. The predicted octanol–water partition coefficient (Wildman–Crippen LogP) is 4.28. The van der Waals surface area contributed by atoms with Crippen molar-refractivity contribution in [3.05, 3.63) is 29.3 Å². The van der Waals surface area contributed by atoms with Crippen LogP contribution >= 0.6 is 0 Å². The van der Waals surface area contributed by atoms with Gasteiger partial charge in [0.15, 0.2) is 0 Å². The SMILES string of the molecule is CC(C)(C)OC(=O)Nc1ccc(C(F)(F)F)c(C(C)(C)O)c1. The summed E-state index contributed by atoms with van der Waals surface area (Å²) in [5.41, 5.74) is -3.60. The average molecular weight is 319 g/mol. The first-order valence-corrected chi connectivity index (χ1v) is 6.64. The van der Waals surface area contributed by atoms with Gasteiger partial charge in [-0.05, 0) is 58.4 Å². The lowest BCUT2D eigenvalue weighted by Crippen LogP contribution is -2.28. The fraction of sp³-hybridized carbons (Fsp3) is 0.533. The Morgan fingerprint density at radius 1 is 1.09 bits per heavy atom. The second-order valence-corrected chi connectivity index (χ2v) is 6.44. The second kappa shape index (κ2) is 5.79. The predicted molar refractivity (Wildman–Crippen MR) is 76.5 cm³/mol. The normalized spacial score (nSPS) is 13.0. The van der Waals surface area contributed by atoms with Gasteiger partial charge in [0, 0.05) is 5.69 Å². The zero-order chi connectivity index (χ0) is 17.3. The van der Waals surface area contributed by atoms with Gasteiger partial charge in [0.05, 0.1) is 11.2 Å². The van der Waals surface area contributed by atoms with Crippen LogP contribution in [-0.4, -0.2) is 16.8 Å². The van der Waals surface area contributed by atoms with Crippen LogP contribution in [0.1, 0.15) is 45.7 Å². The molecule has 0 aromatic heterocycles. The van der Waals surface area contributed by atoms with E-state index >= 15 is 0 Å². The molecule has 1 aromatic rings. The molecule has 1 amide bonds. The van der Waals surface area contributed by atoms with E-state index in [2.05, 4.69) is 5.32 Å². The van der Waals surface area contributed by atoms with Gasteiger partial charge in [-0.15, -0.1) is 0 Å². The number of ether oxygens (including phenoxy) is 1. The molecule has 0 fully saturated rings. The monoisotopic (exact) mass is 319 g/mol. The fourth-order valence-corrected chi connectivity index (χ4v) is 1.80. The van der Waals surface area contributed by atoms with Gasteiger partial charge < -0.3 is 9.84 Å². The van der Waals surface area contributed by atoms with Gasteiger partial charge in [0.2, 0.25) is 0 Å². The summed E-state index contributed by atoms with van der Waals surface area (Å²) in [5, 5.41) is 12.3. The van der Waals surface area contributed by atoms with Crippen LogP contribution in [0.25, 0.3) is 0 Å². The molecule has 1 aromatic carbocycles. The molecule has 7 heteroatoms. The Morgan fingerprint density at radius 3 is 2.05 bits per heavy atom. The minimum Gasteiger partial charge on any atom is -0.444 e. The Kier molecular flexibility index (Phi) is 4.82. The molecule has 0 spiro atoms. The Hall–Kier alpha value is -1.76. The molecular weight excluding hydrogens is 299 g/mol. The Bertz CT molecular complexity index is 555. The molecule has 2 N–H and O–H groups in total. The van der Waals surface area contributed by atoms with Crippen LogP contribution in [0.4, 0.5) is 23.7 Å². The van der Waals surface area contributed by atoms with Gasteiger partial charge in [-0.25, -0.2) is 4.79 Å². The molecular formula is C15H20F3NO3. The molecule has 0 bridgehead atoms. The largest absolute Gasteiger partial charge is 0.444 e. The molecule has 0 saturated carbocycles. The van der Waals surface area contributed by atoms with E-state index in [0.717, 1.165) is 18.2 Å².